The Bertz CT molecular complexity index is 585. The van der Waals surface area contributed by atoms with Gasteiger partial charge in [0.1, 0.15) is 0 Å². The first-order valence-electron chi connectivity index (χ1n) is 5.52. The van der Waals surface area contributed by atoms with Crippen molar-refractivity contribution in [1.29, 1.82) is 0 Å². The number of rotatable bonds is 3. The number of benzene rings is 1. The molecular weight excluding hydrogens is 340 g/mol. The summed E-state index contributed by atoms with van der Waals surface area (Å²) >= 11 is 9.05. The van der Waals surface area contributed by atoms with Crippen molar-refractivity contribution >= 4 is 43.2 Å². The number of nitrogen functional groups attached to an aromatic ring is 1. The number of halogens is 2. The van der Waals surface area contributed by atoms with Crippen LogP contribution in [-0.4, -0.2) is 14.0 Å². The van der Waals surface area contributed by atoms with Gasteiger partial charge in [-0.05, 0) is 54.2 Å². The maximum atomic E-state index is 12.3. The van der Waals surface area contributed by atoms with Crippen molar-refractivity contribution in [1.82, 2.24) is 4.72 Å². The van der Waals surface area contributed by atoms with Gasteiger partial charge in [0.25, 0.3) is 0 Å². The van der Waals surface area contributed by atoms with E-state index < -0.39 is 10.0 Å². The molecule has 0 aromatic heterocycles. The van der Waals surface area contributed by atoms with Crippen LogP contribution in [0.5, 0.6) is 0 Å². The predicted octanol–water partition coefficient (Wildman–Crippen LogP) is 2.91. The molecule has 0 amide bonds. The van der Waals surface area contributed by atoms with Crippen LogP contribution in [0.4, 0.5) is 5.69 Å². The summed E-state index contributed by atoms with van der Waals surface area (Å²) in [5.41, 5.74) is 5.66. The molecule has 0 unspecified atom stereocenters. The summed E-state index contributed by atoms with van der Waals surface area (Å²) in [6, 6.07) is 2.90. The molecule has 0 spiro atoms. The van der Waals surface area contributed by atoms with E-state index in [1.165, 1.54) is 12.1 Å². The Hall–Kier alpha value is -0.300. The van der Waals surface area contributed by atoms with Gasteiger partial charge in [-0.15, -0.1) is 0 Å². The largest absolute Gasteiger partial charge is 0.398 e. The van der Waals surface area contributed by atoms with Gasteiger partial charge in [-0.2, -0.15) is 0 Å². The second-order valence-corrected chi connectivity index (χ2v) is 7.71. The molecule has 100 valence electrons. The van der Waals surface area contributed by atoms with Crippen LogP contribution in [0.25, 0.3) is 0 Å². The fourth-order valence-corrected chi connectivity index (χ4v) is 4.73. The second-order valence-electron chi connectivity index (χ2n) is 4.83. The fraction of sp³-hybridized carbons (Fsp3) is 0.455. The summed E-state index contributed by atoms with van der Waals surface area (Å²) in [6.45, 7) is 1.90. The van der Waals surface area contributed by atoms with E-state index >= 15 is 0 Å². The molecule has 0 saturated heterocycles. The van der Waals surface area contributed by atoms with Crippen LogP contribution < -0.4 is 10.5 Å². The highest BCUT2D eigenvalue weighted by molar-refractivity contribution is 9.10. The molecule has 4 nitrogen and oxygen atoms in total. The zero-order valence-electron chi connectivity index (χ0n) is 9.83. The Morgan fingerprint density at radius 2 is 2.06 bits per heavy atom. The van der Waals surface area contributed by atoms with E-state index in [2.05, 4.69) is 20.7 Å². The molecule has 0 bridgehead atoms. The number of anilines is 1. The molecule has 0 radical (unpaired) electrons. The van der Waals surface area contributed by atoms with Gasteiger partial charge < -0.3 is 5.73 Å². The van der Waals surface area contributed by atoms with Crippen LogP contribution in [0.1, 0.15) is 26.2 Å². The third kappa shape index (κ3) is 2.66. The summed E-state index contributed by atoms with van der Waals surface area (Å²) in [7, 11) is -3.62. The molecule has 0 atom stereocenters. The van der Waals surface area contributed by atoms with E-state index in [-0.39, 0.29) is 10.4 Å². The van der Waals surface area contributed by atoms with Crippen LogP contribution in [0, 0.1) is 0 Å². The number of nitrogens with two attached hydrogens (primary N) is 1. The van der Waals surface area contributed by atoms with E-state index in [0.29, 0.717) is 15.2 Å². The van der Waals surface area contributed by atoms with Crippen LogP contribution in [0.15, 0.2) is 21.5 Å². The predicted molar refractivity (Wildman–Crippen MR) is 76.1 cm³/mol. The lowest BCUT2D eigenvalue weighted by Crippen LogP contribution is -2.50. The molecular formula is C11H14BrClN2O2S. The fourth-order valence-electron chi connectivity index (χ4n) is 1.97. The number of sulfonamides is 1. The molecule has 7 heteroatoms. The number of hydrogen-bond donors (Lipinski definition) is 2. The van der Waals surface area contributed by atoms with Gasteiger partial charge in [0.15, 0.2) is 0 Å². The first-order chi connectivity index (χ1) is 8.23. The molecule has 1 fully saturated rings. The highest BCUT2D eigenvalue weighted by Crippen LogP contribution is 2.36. The summed E-state index contributed by atoms with van der Waals surface area (Å²) in [5, 5.41) is 0.301. The summed E-state index contributed by atoms with van der Waals surface area (Å²) in [5.74, 6) is 0. The maximum absolute atomic E-state index is 12.3. The van der Waals surface area contributed by atoms with Crippen LogP contribution >= 0.6 is 27.5 Å². The van der Waals surface area contributed by atoms with E-state index in [0.717, 1.165) is 19.3 Å². The summed E-state index contributed by atoms with van der Waals surface area (Å²) in [4.78, 5) is 0.0839. The van der Waals surface area contributed by atoms with Gasteiger partial charge in [0.2, 0.25) is 10.0 Å². The lowest BCUT2D eigenvalue weighted by atomic mass is 9.80. The Labute approximate surface area is 120 Å². The van der Waals surface area contributed by atoms with Crippen molar-refractivity contribution in [3.8, 4) is 0 Å². The molecule has 0 aliphatic heterocycles. The zero-order chi connectivity index (χ0) is 13.6. The van der Waals surface area contributed by atoms with E-state index in [1.54, 1.807) is 0 Å². The summed E-state index contributed by atoms with van der Waals surface area (Å²) in [6.07, 6.45) is 2.73. The first-order valence-corrected chi connectivity index (χ1v) is 8.17. The Morgan fingerprint density at radius 3 is 2.56 bits per heavy atom. The Morgan fingerprint density at radius 1 is 1.44 bits per heavy atom. The van der Waals surface area contributed by atoms with Crippen LogP contribution in [0.2, 0.25) is 5.02 Å². The van der Waals surface area contributed by atoms with Gasteiger partial charge in [-0.1, -0.05) is 11.6 Å². The topological polar surface area (TPSA) is 72.2 Å². The SMILES string of the molecule is CC1(NS(=O)(=O)c2cc(Cl)cc(N)c2Br)CCC1. The minimum atomic E-state index is -3.62. The van der Waals surface area contributed by atoms with Crippen molar-refractivity contribution < 1.29 is 8.42 Å². The minimum Gasteiger partial charge on any atom is -0.398 e. The molecule has 1 saturated carbocycles. The minimum absolute atomic E-state index is 0.0839. The number of nitrogens with one attached hydrogen (secondary N) is 1. The Kier molecular flexibility index (Phi) is 3.66. The van der Waals surface area contributed by atoms with Gasteiger partial charge in [-0.25, -0.2) is 13.1 Å². The van der Waals surface area contributed by atoms with Gasteiger partial charge in [0.05, 0.1) is 9.37 Å². The van der Waals surface area contributed by atoms with Crippen molar-refractivity contribution in [2.45, 2.75) is 36.6 Å². The Balaban J connectivity index is 2.41. The lowest BCUT2D eigenvalue weighted by Gasteiger charge is -2.38. The zero-order valence-corrected chi connectivity index (χ0v) is 13.0. The molecule has 1 aromatic carbocycles. The van der Waals surface area contributed by atoms with Crippen molar-refractivity contribution in [2.75, 3.05) is 5.73 Å². The van der Waals surface area contributed by atoms with Crippen molar-refractivity contribution in [3.05, 3.63) is 21.6 Å². The molecule has 0 heterocycles. The highest BCUT2D eigenvalue weighted by atomic mass is 79.9. The van der Waals surface area contributed by atoms with Gasteiger partial charge >= 0.3 is 0 Å². The molecule has 1 aromatic rings. The molecule has 2 rings (SSSR count). The smallest absolute Gasteiger partial charge is 0.242 e. The van der Waals surface area contributed by atoms with E-state index in [4.69, 9.17) is 17.3 Å². The van der Waals surface area contributed by atoms with Gasteiger partial charge in [0, 0.05) is 16.2 Å². The number of hydrogen-bond acceptors (Lipinski definition) is 3. The van der Waals surface area contributed by atoms with Crippen LogP contribution in [-0.2, 0) is 10.0 Å². The molecule has 18 heavy (non-hydrogen) atoms. The average molecular weight is 354 g/mol. The third-order valence-electron chi connectivity index (χ3n) is 3.16. The molecule has 1 aliphatic rings. The highest BCUT2D eigenvalue weighted by Gasteiger charge is 2.37. The molecule has 3 N–H and O–H groups in total. The van der Waals surface area contributed by atoms with Gasteiger partial charge in [-0.3, -0.25) is 0 Å². The average Bonchev–Trinajstić information content (AvgIpc) is 2.20. The van der Waals surface area contributed by atoms with E-state index in [1.807, 2.05) is 6.92 Å². The van der Waals surface area contributed by atoms with E-state index in [9.17, 15) is 8.42 Å². The van der Waals surface area contributed by atoms with Crippen LogP contribution in [0.3, 0.4) is 0 Å². The second kappa shape index (κ2) is 4.67. The molecule has 1 aliphatic carbocycles. The monoisotopic (exact) mass is 352 g/mol. The lowest BCUT2D eigenvalue weighted by molar-refractivity contribution is 0.248. The van der Waals surface area contributed by atoms with Crippen molar-refractivity contribution in [2.24, 2.45) is 0 Å². The standard InChI is InChI=1S/C11H14BrClN2O2S/c1-11(3-2-4-11)15-18(16,17)9-6-7(13)5-8(14)10(9)12/h5-6,15H,2-4,14H2,1H3. The third-order valence-corrected chi connectivity index (χ3v) is 6.19. The summed E-state index contributed by atoms with van der Waals surface area (Å²) < 4.78 is 27.7. The van der Waals surface area contributed by atoms with Crippen molar-refractivity contribution in [3.63, 3.8) is 0 Å². The normalized spacial score (nSPS) is 18.4. The first kappa shape index (κ1) is 14.1. The maximum Gasteiger partial charge on any atom is 0.242 e. The quantitative estimate of drug-likeness (QED) is 0.821.